The van der Waals surface area contributed by atoms with Gasteiger partial charge in [-0.1, -0.05) is 18.2 Å². The highest BCUT2D eigenvalue weighted by atomic mass is 16.1. The minimum atomic E-state index is 0.00673. The van der Waals surface area contributed by atoms with Crippen molar-refractivity contribution in [2.45, 2.75) is 57.9 Å². The summed E-state index contributed by atoms with van der Waals surface area (Å²) in [5.74, 6) is 1.54. The van der Waals surface area contributed by atoms with E-state index in [-0.39, 0.29) is 11.9 Å². The molecule has 0 spiro atoms. The summed E-state index contributed by atoms with van der Waals surface area (Å²) in [5, 5.41) is 12.5. The van der Waals surface area contributed by atoms with Crippen LogP contribution in [0.25, 0.3) is 11.4 Å². The Labute approximate surface area is 213 Å². The molecule has 0 unspecified atom stereocenters. The summed E-state index contributed by atoms with van der Waals surface area (Å²) >= 11 is 0. The second-order valence-corrected chi connectivity index (χ2v) is 10.4. The van der Waals surface area contributed by atoms with Crippen molar-refractivity contribution >= 4 is 5.91 Å². The molecule has 1 aliphatic heterocycles. The highest BCUT2D eigenvalue weighted by molar-refractivity contribution is 5.95. The molecule has 0 atom stereocenters. The number of aryl methyl sites for hydroxylation is 1. The molecule has 1 fully saturated rings. The summed E-state index contributed by atoms with van der Waals surface area (Å²) in [5.41, 5.74) is 6.14. The number of hydrogen-bond acceptors (Lipinski definition) is 4. The summed E-state index contributed by atoms with van der Waals surface area (Å²) in [6.45, 7) is 5.28. The van der Waals surface area contributed by atoms with Crippen molar-refractivity contribution in [3.63, 3.8) is 0 Å². The Morgan fingerprint density at radius 3 is 2.67 bits per heavy atom. The van der Waals surface area contributed by atoms with Gasteiger partial charge in [-0.3, -0.25) is 4.79 Å². The van der Waals surface area contributed by atoms with Gasteiger partial charge in [-0.05, 0) is 99.7 Å². The standard InChI is InChI=1S/C30H35N5O/c1-21-20-32-29(33-21)26-3-2-4-27(18-26)30(36)34-28-9-6-22(7-10-28)11-14-35-15-12-24-8-5-23(19-31)17-25(24)13-16-35/h2-5,8,17-18,20,22,28H,6-7,9-16H2,1H3,(H,32,33)(H,34,36). The van der Waals surface area contributed by atoms with E-state index in [1.165, 1.54) is 30.4 Å². The molecule has 0 radical (unpaired) electrons. The van der Waals surface area contributed by atoms with Crippen LogP contribution in [0.1, 0.15) is 64.8 Å². The second-order valence-electron chi connectivity index (χ2n) is 10.4. The molecule has 5 rings (SSSR count). The summed E-state index contributed by atoms with van der Waals surface area (Å²) in [6.07, 6.45) is 9.59. The highest BCUT2D eigenvalue weighted by Gasteiger charge is 2.24. The largest absolute Gasteiger partial charge is 0.349 e. The van der Waals surface area contributed by atoms with Crippen LogP contribution in [-0.2, 0) is 12.8 Å². The SMILES string of the molecule is Cc1cnc(-c2cccc(C(=O)NC3CCC(CCN4CCc5ccc(C#N)cc5CC4)CC3)c2)[nH]1. The Kier molecular flexibility index (Phi) is 7.48. The van der Waals surface area contributed by atoms with Crippen molar-refractivity contribution in [1.82, 2.24) is 20.2 Å². The van der Waals surface area contributed by atoms with E-state index >= 15 is 0 Å². The molecule has 2 heterocycles. The third-order valence-electron chi connectivity index (χ3n) is 7.87. The molecule has 186 valence electrons. The van der Waals surface area contributed by atoms with Crippen LogP contribution in [-0.4, -0.2) is 46.5 Å². The van der Waals surface area contributed by atoms with Crippen molar-refractivity contribution < 1.29 is 4.79 Å². The number of aromatic amines is 1. The molecular weight excluding hydrogens is 446 g/mol. The van der Waals surface area contributed by atoms with Crippen LogP contribution in [0, 0.1) is 24.2 Å². The molecule has 2 N–H and O–H groups in total. The van der Waals surface area contributed by atoms with E-state index in [2.05, 4.69) is 38.4 Å². The van der Waals surface area contributed by atoms with E-state index in [0.717, 1.165) is 73.9 Å². The minimum Gasteiger partial charge on any atom is -0.349 e. The molecule has 1 aliphatic carbocycles. The van der Waals surface area contributed by atoms with Gasteiger partial charge in [0.1, 0.15) is 5.82 Å². The van der Waals surface area contributed by atoms with Gasteiger partial charge in [0.25, 0.3) is 5.91 Å². The van der Waals surface area contributed by atoms with Crippen LogP contribution < -0.4 is 5.32 Å². The fraction of sp³-hybridized carbons (Fsp3) is 0.433. The first kappa shape index (κ1) is 24.3. The summed E-state index contributed by atoms with van der Waals surface area (Å²) in [4.78, 5) is 23.1. The van der Waals surface area contributed by atoms with Crippen LogP contribution in [0.15, 0.2) is 48.7 Å². The van der Waals surface area contributed by atoms with E-state index < -0.39 is 0 Å². The molecule has 6 heteroatoms. The quantitative estimate of drug-likeness (QED) is 0.517. The Morgan fingerprint density at radius 1 is 1.11 bits per heavy atom. The van der Waals surface area contributed by atoms with Crippen molar-refractivity contribution in [1.29, 1.82) is 5.26 Å². The minimum absolute atomic E-state index is 0.00673. The number of imidazole rings is 1. The Morgan fingerprint density at radius 2 is 1.92 bits per heavy atom. The third-order valence-corrected chi connectivity index (χ3v) is 7.87. The Balaban J connectivity index is 1.06. The number of carbonyl (C=O) groups excluding carboxylic acids is 1. The van der Waals surface area contributed by atoms with Crippen molar-refractivity contribution in [2.75, 3.05) is 19.6 Å². The lowest BCUT2D eigenvalue weighted by atomic mass is 9.84. The zero-order chi connectivity index (χ0) is 24.9. The van der Waals surface area contributed by atoms with Gasteiger partial charge in [0.15, 0.2) is 0 Å². The fourth-order valence-corrected chi connectivity index (χ4v) is 5.66. The van der Waals surface area contributed by atoms with E-state index in [1.54, 1.807) is 6.20 Å². The van der Waals surface area contributed by atoms with Gasteiger partial charge in [-0.2, -0.15) is 5.26 Å². The number of benzene rings is 2. The summed E-state index contributed by atoms with van der Waals surface area (Å²) < 4.78 is 0. The number of nitrogens with one attached hydrogen (secondary N) is 2. The van der Waals surface area contributed by atoms with E-state index in [1.807, 2.05) is 37.3 Å². The number of aromatic nitrogens is 2. The predicted octanol–water partition coefficient (Wildman–Crippen LogP) is 5.04. The van der Waals surface area contributed by atoms with Crippen molar-refractivity contribution in [3.8, 4) is 17.5 Å². The molecule has 6 nitrogen and oxygen atoms in total. The molecule has 2 aromatic carbocycles. The summed E-state index contributed by atoms with van der Waals surface area (Å²) in [6, 6.07) is 16.4. The first-order valence-corrected chi connectivity index (χ1v) is 13.2. The van der Waals surface area contributed by atoms with Gasteiger partial charge in [0.2, 0.25) is 0 Å². The van der Waals surface area contributed by atoms with E-state index in [4.69, 9.17) is 0 Å². The highest BCUT2D eigenvalue weighted by Crippen LogP contribution is 2.28. The third kappa shape index (κ3) is 5.85. The Hall–Kier alpha value is -3.43. The maximum atomic E-state index is 12.9. The van der Waals surface area contributed by atoms with Crippen LogP contribution in [0.4, 0.5) is 0 Å². The second kappa shape index (κ2) is 11.1. The van der Waals surface area contributed by atoms with Crippen molar-refractivity contribution in [2.24, 2.45) is 5.92 Å². The van der Waals surface area contributed by atoms with Gasteiger partial charge in [0, 0.05) is 42.1 Å². The smallest absolute Gasteiger partial charge is 0.251 e. The number of rotatable bonds is 6. The molecular formula is C30H35N5O. The molecule has 1 amide bonds. The van der Waals surface area contributed by atoms with Gasteiger partial charge >= 0.3 is 0 Å². The van der Waals surface area contributed by atoms with Gasteiger partial charge < -0.3 is 15.2 Å². The molecule has 0 saturated heterocycles. The van der Waals surface area contributed by atoms with Crippen LogP contribution in [0.2, 0.25) is 0 Å². The fourth-order valence-electron chi connectivity index (χ4n) is 5.66. The first-order valence-electron chi connectivity index (χ1n) is 13.2. The average molecular weight is 482 g/mol. The number of fused-ring (bicyclic) bond motifs is 1. The lowest BCUT2D eigenvalue weighted by molar-refractivity contribution is 0.0920. The average Bonchev–Trinajstić information content (AvgIpc) is 3.25. The lowest BCUT2D eigenvalue weighted by Crippen LogP contribution is -2.38. The number of nitrogens with zero attached hydrogens (tertiary/aromatic N) is 3. The number of carbonyl (C=O) groups is 1. The topological polar surface area (TPSA) is 84.8 Å². The van der Waals surface area contributed by atoms with E-state index in [0.29, 0.717) is 5.56 Å². The number of amides is 1. The zero-order valence-electron chi connectivity index (χ0n) is 21.1. The van der Waals surface area contributed by atoms with Gasteiger partial charge in [-0.15, -0.1) is 0 Å². The van der Waals surface area contributed by atoms with Crippen molar-refractivity contribution in [3.05, 3.63) is 76.6 Å². The van der Waals surface area contributed by atoms with E-state index in [9.17, 15) is 10.1 Å². The zero-order valence-corrected chi connectivity index (χ0v) is 21.1. The monoisotopic (exact) mass is 481 g/mol. The van der Waals surface area contributed by atoms with Gasteiger partial charge in [0.05, 0.1) is 11.6 Å². The number of nitriles is 1. The van der Waals surface area contributed by atoms with Crippen LogP contribution >= 0.6 is 0 Å². The van der Waals surface area contributed by atoms with Crippen LogP contribution in [0.3, 0.4) is 0 Å². The molecule has 1 saturated carbocycles. The Bertz CT molecular complexity index is 1250. The normalized spacial score (nSPS) is 20.2. The first-order chi connectivity index (χ1) is 17.6. The van der Waals surface area contributed by atoms with Crippen LogP contribution in [0.5, 0.6) is 0 Å². The number of H-pyrrole nitrogens is 1. The summed E-state index contributed by atoms with van der Waals surface area (Å²) in [7, 11) is 0. The van der Waals surface area contributed by atoms with Gasteiger partial charge in [-0.25, -0.2) is 4.98 Å². The molecule has 1 aromatic heterocycles. The maximum absolute atomic E-state index is 12.9. The molecule has 2 aliphatic rings. The molecule has 36 heavy (non-hydrogen) atoms. The number of hydrogen-bond donors (Lipinski definition) is 2. The maximum Gasteiger partial charge on any atom is 0.251 e. The lowest BCUT2D eigenvalue weighted by Gasteiger charge is -2.30. The molecule has 0 bridgehead atoms. The predicted molar refractivity (Wildman–Crippen MR) is 142 cm³/mol. The molecule has 3 aromatic rings.